The second-order valence-corrected chi connectivity index (χ2v) is 10.5. The zero-order chi connectivity index (χ0) is 24.2. The Bertz CT molecular complexity index is 1190. The Hall–Kier alpha value is -2.84. The lowest BCUT2D eigenvalue weighted by Crippen LogP contribution is -2.33. The number of fused-ring (bicyclic) bond motifs is 1. The standard InChI is InChI=1S/C27H32N4O3S/c1-34-27(33)24-23(30-25(32)18-8-3-2-4-9-18)21-13-12-20(29-26(21)35-24)17-31-15-6-5-11-22(31)19-10-7-14-28-16-19/h7,10,12-14,16,18,22H,2-6,8-9,11,15,17H2,1H3,(H,30,32)/t22-/m1/s1. The lowest BCUT2D eigenvalue weighted by atomic mass is 9.88. The van der Waals surface area contributed by atoms with Gasteiger partial charge in [-0.25, -0.2) is 9.78 Å². The Kier molecular flexibility index (Phi) is 7.39. The minimum atomic E-state index is -0.443. The number of hydrogen-bond acceptors (Lipinski definition) is 7. The van der Waals surface area contributed by atoms with Crippen molar-refractivity contribution in [3.05, 3.63) is 52.8 Å². The molecule has 0 spiro atoms. The van der Waals surface area contributed by atoms with Crippen LogP contribution in [0.1, 0.15) is 78.3 Å². The highest BCUT2D eigenvalue weighted by Crippen LogP contribution is 2.37. The van der Waals surface area contributed by atoms with Crippen molar-refractivity contribution >= 4 is 39.1 Å². The molecule has 1 aliphatic heterocycles. The van der Waals surface area contributed by atoms with Crippen LogP contribution in [0.5, 0.6) is 0 Å². The van der Waals surface area contributed by atoms with Gasteiger partial charge in [-0.3, -0.25) is 14.7 Å². The Morgan fingerprint density at radius 3 is 2.71 bits per heavy atom. The fourth-order valence-corrected chi connectivity index (χ4v) is 6.46. The summed E-state index contributed by atoms with van der Waals surface area (Å²) in [6.07, 6.45) is 12.4. The summed E-state index contributed by atoms with van der Waals surface area (Å²) in [4.78, 5) is 38.4. The van der Waals surface area contributed by atoms with Gasteiger partial charge < -0.3 is 10.1 Å². The zero-order valence-electron chi connectivity index (χ0n) is 20.2. The Labute approximate surface area is 209 Å². The van der Waals surface area contributed by atoms with Crippen molar-refractivity contribution in [3.8, 4) is 0 Å². The molecule has 184 valence electrons. The summed E-state index contributed by atoms with van der Waals surface area (Å²) in [5, 5.41) is 3.86. The number of carbonyl (C=O) groups excluding carboxylic acids is 2. The number of nitrogens with one attached hydrogen (secondary N) is 1. The fraction of sp³-hybridized carbons (Fsp3) is 0.481. The molecule has 2 aliphatic rings. The molecule has 0 aromatic carbocycles. The van der Waals surface area contributed by atoms with E-state index in [1.165, 1.54) is 43.3 Å². The summed E-state index contributed by atoms with van der Waals surface area (Å²) < 4.78 is 5.03. The summed E-state index contributed by atoms with van der Waals surface area (Å²) in [5.74, 6) is -0.452. The van der Waals surface area contributed by atoms with E-state index in [4.69, 9.17) is 9.72 Å². The van der Waals surface area contributed by atoms with Gasteiger partial charge in [0.2, 0.25) is 5.91 Å². The number of aromatic nitrogens is 2. The highest BCUT2D eigenvalue weighted by Gasteiger charge is 2.28. The Morgan fingerprint density at radius 2 is 1.94 bits per heavy atom. The third-order valence-corrected chi connectivity index (χ3v) is 8.34. The first kappa shape index (κ1) is 23.9. The summed E-state index contributed by atoms with van der Waals surface area (Å²) in [5.41, 5.74) is 2.74. The van der Waals surface area contributed by atoms with Gasteiger partial charge in [-0.1, -0.05) is 31.7 Å². The third-order valence-electron chi connectivity index (χ3n) is 7.26. The van der Waals surface area contributed by atoms with Crippen LogP contribution in [0.25, 0.3) is 10.2 Å². The van der Waals surface area contributed by atoms with Gasteiger partial charge in [0, 0.05) is 36.3 Å². The number of anilines is 1. The number of pyridine rings is 2. The van der Waals surface area contributed by atoms with Crippen LogP contribution in [-0.4, -0.2) is 40.4 Å². The van der Waals surface area contributed by atoms with Gasteiger partial charge in [0.15, 0.2) is 0 Å². The largest absolute Gasteiger partial charge is 0.465 e. The van der Waals surface area contributed by atoms with Crippen molar-refractivity contribution < 1.29 is 14.3 Å². The molecule has 8 heteroatoms. The molecule has 1 N–H and O–H groups in total. The second-order valence-electron chi connectivity index (χ2n) is 9.55. The molecule has 5 rings (SSSR count). The number of piperidine rings is 1. The van der Waals surface area contributed by atoms with E-state index in [0.29, 0.717) is 16.6 Å². The monoisotopic (exact) mass is 492 g/mol. The van der Waals surface area contributed by atoms with E-state index in [9.17, 15) is 9.59 Å². The molecule has 35 heavy (non-hydrogen) atoms. The topological polar surface area (TPSA) is 84.4 Å². The number of rotatable bonds is 6. The maximum atomic E-state index is 13.0. The molecule has 1 aliphatic carbocycles. The lowest BCUT2D eigenvalue weighted by Gasteiger charge is -2.35. The van der Waals surface area contributed by atoms with E-state index >= 15 is 0 Å². The molecule has 1 saturated heterocycles. The zero-order valence-corrected chi connectivity index (χ0v) is 21.0. The molecule has 0 unspecified atom stereocenters. The van der Waals surface area contributed by atoms with Crippen molar-refractivity contribution in [2.45, 2.75) is 64.0 Å². The van der Waals surface area contributed by atoms with Crippen LogP contribution in [0.2, 0.25) is 0 Å². The Balaban J connectivity index is 1.41. The van der Waals surface area contributed by atoms with Crippen molar-refractivity contribution in [1.82, 2.24) is 14.9 Å². The fourth-order valence-electron chi connectivity index (χ4n) is 5.39. The summed E-state index contributed by atoms with van der Waals surface area (Å²) in [7, 11) is 1.37. The third kappa shape index (κ3) is 5.23. The summed E-state index contributed by atoms with van der Waals surface area (Å²) in [6, 6.07) is 8.47. The maximum absolute atomic E-state index is 13.0. The molecule has 0 bridgehead atoms. The highest BCUT2D eigenvalue weighted by molar-refractivity contribution is 7.21. The van der Waals surface area contributed by atoms with E-state index in [2.05, 4.69) is 21.3 Å². The number of ether oxygens (including phenoxy) is 1. The van der Waals surface area contributed by atoms with Crippen LogP contribution < -0.4 is 5.32 Å². The van der Waals surface area contributed by atoms with Crippen molar-refractivity contribution in [2.24, 2.45) is 5.92 Å². The first-order valence-electron chi connectivity index (χ1n) is 12.6. The number of methoxy groups -OCH3 is 1. The quantitative estimate of drug-likeness (QED) is 0.443. The van der Waals surface area contributed by atoms with Gasteiger partial charge in [0.25, 0.3) is 0 Å². The van der Waals surface area contributed by atoms with Gasteiger partial charge in [-0.05, 0) is 56.0 Å². The molecule has 0 radical (unpaired) electrons. The summed E-state index contributed by atoms with van der Waals surface area (Å²) in [6.45, 7) is 1.74. The van der Waals surface area contributed by atoms with Gasteiger partial charge >= 0.3 is 5.97 Å². The van der Waals surface area contributed by atoms with E-state index < -0.39 is 5.97 Å². The number of carbonyl (C=O) groups is 2. The number of hydrogen-bond donors (Lipinski definition) is 1. The van der Waals surface area contributed by atoms with E-state index in [0.717, 1.165) is 61.1 Å². The minimum Gasteiger partial charge on any atom is -0.465 e. The molecule has 1 amide bonds. The van der Waals surface area contributed by atoms with Crippen molar-refractivity contribution in [1.29, 1.82) is 0 Å². The number of nitrogens with zero attached hydrogens (tertiary/aromatic N) is 3. The van der Waals surface area contributed by atoms with E-state index in [1.807, 2.05) is 30.6 Å². The van der Waals surface area contributed by atoms with Crippen molar-refractivity contribution in [3.63, 3.8) is 0 Å². The van der Waals surface area contributed by atoms with Crippen LogP contribution in [0.15, 0.2) is 36.7 Å². The molecular formula is C27H32N4O3S. The van der Waals surface area contributed by atoms with Crippen LogP contribution in [0.3, 0.4) is 0 Å². The average molecular weight is 493 g/mol. The predicted octanol–water partition coefficient (Wildman–Crippen LogP) is 5.72. The molecule has 3 aromatic rings. The smallest absolute Gasteiger partial charge is 0.350 e. The first-order valence-corrected chi connectivity index (χ1v) is 13.4. The molecule has 2 fully saturated rings. The van der Waals surface area contributed by atoms with Gasteiger partial charge in [0.1, 0.15) is 9.71 Å². The molecular weight excluding hydrogens is 460 g/mol. The Morgan fingerprint density at radius 1 is 1.11 bits per heavy atom. The van der Waals surface area contributed by atoms with E-state index in [-0.39, 0.29) is 11.8 Å². The maximum Gasteiger partial charge on any atom is 0.350 e. The number of amides is 1. The van der Waals surface area contributed by atoms with Crippen LogP contribution >= 0.6 is 11.3 Å². The lowest BCUT2D eigenvalue weighted by molar-refractivity contribution is -0.120. The molecule has 1 saturated carbocycles. The average Bonchev–Trinajstić information content (AvgIpc) is 3.27. The molecule has 3 aromatic heterocycles. The number of esters is 1. The van der Waals surface area contributed by atoms with E-state index in [1.54, 1.807) is 0 Å². The van der Waals surface area contributed by atoms with Crippen LogP contribution in [-0.2, 0) is 16.1 Å². The minimum absolute atomic E-state index is 0.0000550. The van der Waals surface area contributed by atoms with Gasteiger partial charge in [0.05, 0.1) is 18.5 Å². The predicted molar refractivity (Wildman–Crippen MR) is 137 cm³/mol. The van der Waals surface area contributed by atoms with Crippen LogP contribution in [0, 0.1) is 5.92 Å². The number of likely N-dealkylation sites (tertiary alicyclic amines) is 1. The SMILES string of the molecule is COC(=O)c1sc2nc(CN3CCCC[C@@H]3c3cccnc3)ccc2c1NC(=O)C1CCCCC1. The summed E-state index contributed by atoms with van der Waals surface area (Å²) >= 11 is 1.29. The molecule has 1 atom stereocenters. The molecule has 7 nitrogen and oxygen atoms in total. The molecule has 4 heterocycles. The van der Waals surface area contributed by atoms with Crippen molar-refractivity contribution in [2.75, 3.05) is 19.0 Å². The second kappa shape index (κ2) is 10.8. The number of thiophene rings is 1. The first-order chi connectivity index (χ1) is 17.1. The highest BCUT2D eigenvalue weighted by atomic mass is 32.1. The van der Waals surface area contributed by atoms with Gasteiger partial charge in [-0.2, -0.15) is 0 Å². The van der Waals surface area contributed by atoms with Crippen LogP contribution in [0.4, 0.5) is 5.69 Å². The van der Waals surface area contributed by atoms with Gasteiger partial charge in [-0.15, -0.1) is 11.3 Å². The normalized spacial score (nSPS) is 19.5.